The highest BCUT2D eigenvalue weighted by Gasteiger charge is 2.04. The van der Waals surface area contributed by atoms with E-state index in [-0.39, 0.29) is 0 Å². The van der Waals surface area contributed by atoms with Crippen molar-refractivity contribution in [3.63, 3.8) is 0 Å². The summed E-state index contributed by atoms with van der Waals surface area (Å²) in [6, 6.07) is 0.521. The summed E-state index contributed by atoms with van der Waals surface area (Å²) in [5.41, 5.74) is 1.08. The monoisotopic (exact) mass is 248 g/mol. The van der Waals surface area contributed by atoms with E-state index in [2.05, 4.69) is 40.1 Å². The zero-order chi connectivity index (χ0) is 9.14. The van der Waals surface area contributed by atoms with Gasteiger partial charge >= 0.3 is 0 Å². The molecule has 0 saturated carbocycles. The molecular formula is C8H13BrN2S. The number of halogens is 1. The molecule has 12 heavy (non-hydrogen) atoms. The third kappa shape index (κ3) is 2.84. The van der Waals surface area contributed by atoms with Crippen molar-refractivity contribution in [2.45, 2.75) is 33.4 Å². The van der Waals surface area contributed by atoms with Crippen molar-refractivity contribution in [1.29, 1.82) is 0 Å². The van der Waals surface area contributed by atoms with Gasteiger partial charge in [0.1, 0.15) is 5.01 Å². The van der Waals surface area contributed by atoms with E-state index in [1.165, 1.54) is 0 Å². The van der Waals surface area contributed by atoms with Crippen molar-refractivity contribution in [2.24, 2.45) is 0 Å². The van der Waals surface area contributed by atoms with Crippen LogP contribution < -0.4 is 5.32 Å². The number of hydrogen-bond acceptors (Lipinski definition) is 3. The molecule has 1 heterocycles. The maximum absolute atomic E-state index is 4.39. The molecule has 0 amide bonds. The summed E-state index contributed by atoms with van der Waals surface area (Å²) in [6.45, 7) is 7.15. The SMILES string of the molecule is Cc1nc(CNC(C)C)sc1Br. The van der Waals surface area contributed by atoms with Crippen molar-refractivity contribution in [2.75, 3.05) is 0 Å². The van der Waals surface area contributed by atoms with E-state index >= 15 is 0 Å². The van der Waals surface area contributed by atoms with Crippen molar-refractivity contribution in [3.8, 4) is 0 Å². The number of aryl methyl sites for hydroxylation is 1. The quantitative estimate of drug-likeness (QED) is 0.890. The Morgan fingerprint density at radius 1 is 1.58 bits per heavy atom. The lowest BCUT2D eigenvalue weighted by Gasteiger charge is -2.04. The molecule has 1 N–H and O–H groups in total. The lowest BCUT2D eigenvalue weighted by molar-refractivity contribution is 0.587. The summed E-state index contributed by atoms with van der Waals surface area (Å²) < 4.78 is 1.14. The predicted octanol–water partition coefficient (Wildman–Crippen LogP) is 2.71. The Hall–Kier alpha value is 0.0700. The summed E-state index contributed by atoms with van der Waals surface area (Å²) in [5.74, 6) is 0. The fraction of sp³-hybridized carbons (Fsp3) is 0.625. The molecule has 0 aliphatic heterocycles. The number of thiazole rings is 1. The summed E-state index contributed by atoms with van der Waals surface area (Å²) in [6.07, 6.45) is 0. The lowest BCUT2D eigenvalue weighted by atomic mass is 10.4. The number of nitrogens with one attached hydrogen (secondary N) is 1. The summed E-state index contributed by atoms with van der Waals surface area (Å²) >= 11 is 5.15. The number of rotatable bonds is 3. The molecule has 0 radical (unpaired) electrons. The Balaban J connectivity index is 2.53. The van der Waals surface area contributed by atoms with Crippen LogP contribution in [-0.2, 0) is 6.54 Å². The molecule has 0 fully saturated rings. The normalized spacial score (nSPS) is 11.1. The van der Waals surface area contributed by atoms with Gasteiger partial charge in [0.15, 0.2) is 0 Å². The molecule has 68 valence electrons. The number of hydrogen-bond donors (Lipinski definition) is 1. The fourth-order valence-corrected chi connectivity index (χ4v) is 2.19. The van der Waals surface area contributed by atoms with Crippen LogP contribution in [0, 0.1) is 6.92 Å². The number of nitrogens with zero attached hydrogens (tertiary/aromatic N) is 1. The first-order valence-electron chi connectivity index (χ1n) is 3.94. The second-order valence-electron chi connectivity index (χ2n) is 3.00. The molecule has 0 aliphatic carbocycles. The second-order valence-corrected chi connectivity index (χ2v) is 5.40. The van der Waals surface area contributed by atoms with Gasteiger partial charge in [0, 0.05) is 12.6 Å². The van der Waals surface area contributed by atoms with Gasteiger partial charge in [0.25, 0.3) is 0 Å². The van der Waals surface area contributed by atoms with Crippen LogP contribution in [0.4, 0.5) is 0 Å². The van der Waals surface area contributed by atoms with Crippen molar-refractivity contribution in [3.05, 3.63) is 14.5 Å². The Morgan fingerprint density at radius 2 is 2.25 bits per heavy atom. The van der Waals surface area contributed by atoms with E-state index in [0.717, 1.165) is 21.0 Å². The van der Waals surface area contributed by atoms with Crippen LogP contribution in [-0.4, -0.2) is 11.0 Å². The Morgan fingerprint density at radius 3 is 2.67 bits per heavy atom. The van der Waals surface area contributed by atoms with E-state index in [9.17, 15) is 0 Å². The van der Waals surface area contributed by atoms with E-state index < -0.39 is 0 Å². The van der Waals surface area contributed by atoms with Crippen molar-refractivity contribution in [1.82, 2.24) is 10.3 Å². The minimum absolute atomic E-state index is 0.521. The van der Waals surface area contributed by atoms with Gasteiger partial charge in [-0.05, 0) is 22.9 Å². The highest BCUT2D eigenvalue weighted by Crippen LogP contribution is 2.23. The second kappa shape index (κ2) is 4.35. The van der Waals surface area contributed by atoms with E-state index in [4.69, 9.17) is 0 Å². The summed E-state index contributed by atoms with van der Waals surface area (Å²) in [7, 11) is 0. The Kier molecular flexibility index (Phi) is 3.68. The highest BCUT2D eigenvalue weighted by molar-refractivity contribution is 9.11. The largest absolute Gasteiger partial charge is 0.308 e. The molecule has 0 unspecified atom stereocenters. The first-order chi connectivity index (χ1) is 5.59. The molecule has 2 nitrogen and oxygen atoms in total. The molecule has 1 rings (SSSR count). The molecule has 4 heteroatoms. The van der Waals surface area contributed by atoms with Crippen LogP contribution in [0.1, 0.15) is 24.5 Å². The minimum Gasteiger partial charge on any atom is -0.308 e. The fourth-order valence-electron chi connectivity index (χ4n) is 0.798. The van der Waals surface area contributed by atoms with Crippen LogP contribution in [0.5, 0.6) is 0 Å². The van der Waals surface area contributed by atoms with Crippen LogP contribution in [0.3, 0.4) is 0 Å². The predicted molar refractivity (Wildman–Crippen MR) is 56.5 cm³/mol. The zero-order valence-electron chi connectivity index (χ0n) is 7.52. The molecule has 0 saturated heterocycles. The minimum atomic E-state index is 0.521. The Labute approximate surface area is 85.5 Å². The topological polar surface area (TPSA) is 24.9 Å². The van der Waals surface area contributed by atoms with Crippen molar-refractivity contribution < 1.29 is 0 Å². The third-order valence-corrected chi connectivity index (χ3v) is 3.45. The van der Waals surface area contributed by atoms with E-state index in [1.807, 2.05) is 6.92 Å². The average Bonchev–Trinajstić information content (AvgIpc) is 2.28. The van der Waals surface area contributed by atoms with Crippen LogP contribution in [0.15, 0.2) is 3.79 Å². The first-order valence-corrected chi connectivity index (χ1v) is 5.55. The van der Waals surface area contributed by atoms with E-state index in [0.29, 0.717) is 6.04 Å². The molecule has 1 aromatic heterocycles. The maximum Gasteiger partial charge on any atom is 0.108 e. The number of aromatic nitrogens is 1. The maximum atomic E-state index is 4.39. The molecule has 0 atom stereocenters. The van der Waals surface area contributed by atoms with Gasteiger partial charge in [-0.2, -0.15) is 0 Å². The first kappa shape index (κ1) is 10.2. The Bertz CT molecular complexity index is 238. The molecule has 0 spiro atoms. The molecule has 0 aromatic carbocycles. The van der Waals surface area contributed by atoms with E-state index in [1.54, 1.807) is 11.3 Å². The molecule has 0 bridgehead atoms. The average molecular weight is 249 g/mol. The van der Waals surface area contributed by atoms with Gasteiger partial charge in [0.2, 0.25) is 0 Å². The summed E-state index contributed by atoms with van der Waals surface area (Å²) in [4.78, 5) is 4.39. The van der Waals surface area contributed by atoms with Gasteiger partial charge in [-0.1, -0.05) is 13.8 Å². The van der Waals surface area contributed by atoms with Crippen LogP contribution in [0.2, 0.25) is 0 Å². The van der Waals surface area contributed by atoms with Crippen LogP contribution in [0.25, 0.3) is 0 Å². The zero-order valence-corrected chi connectivity index (χ0v) is 9.92. The van der Waals surface area contributed by atoms with Gasteiger partial charge < -0.3 is 5.32 Å². The van der Waals surface area contributed by atoms with Crippen LogP contribution >= 0.6 is 27.3 Å². The lowest BCUT2D eigenvalue weighted by Crippen LogP contribution is -2.21. The standard InChI is InChI=1S/C8H13BrN2S/c1-5(2)10-4-7-11-6(3)8(9)12-7/h5,10H,4H2,1-3H3. The van der Waals surface area contributed by atoms with Gasteiger partial charge in [0.05, 0.1) is 9.48 Å². The van der Waals surface area contributed by atoms with Gasteiger partial charge in [-0.25, -0.2) is 4.98 Å². The summed E-state index contributed by atoms with van der Waals surface area (Å²) in [5, 5.41) is 4.48. The van der Waals surface area contributed by atoms with Crippen molar-refractivity contribution >= 4 is 27.3 Å². The highest BCUT2D eigenvalue weighted by atomic mass is 79.9. The molecule has 0 aliphatic rings. The smallest absolute Gasteiger partial charge is 0.108 e. The third-order valence-electron chi connectivity index (χ3n) is 1.45. The molecule has 1 aromatic rings. The van der Waals surface area contributed by atoms with Gasteiger partial charge in [-0.3, -0.25) is 0 Å². The van der Waals surface area contributed by atoms with Gasteiger partial charge in [-0.15, -0.1) is 11.3 Å². The molecular weight excluding hydrogens is 236 g/mol.